The molecule has 1 heterocycles. The molecule has 2 amide bonds. The summed E-state index contributed by atoms with van der Waals surface area (Å²) in [4.78, 5) is 28.7. The first-order chi connectivity index (χ1) is 14.3. The molecule has 6 nitrogen and oxygen atoms in total. The average Bonchev–Trinajstić information content (AvgIpc) is 2.72. The van der Waals surface area contributed by atoms with Crippen LogP contribution in [0, 0.1) is 20.8 Å². The van der Waals surface area contributed by atoms with Crippen LogP contribution in [0.2, 0.25) is 5.02 Å². The maximum Gasteiger partial charge on any atom is 0.260 e. The number of carbonyl (C=O) groups is 2. The summed E-state index contributed by atoms with van der Waals surface area (Å²) < 4.78 is 5.61. The standard InChI is InChI=1S/C23H28ClN3O3/c1-16-5-4-6-17(2)23(16)25-21(28)14-26-9-11-27(12-10-26)22(29)15-30-19-7-8-20(24)18(3)13-19/h4-8,13H,9-12,14-15H2,1-3H3,(H,25,28). The van der Waals surface area contributed by atoms with E-state index in [2.05, 4.69) is 10.2 Å². The molecule has 3 rings (SSSR count). The smallest absolute Gasteiger partial charge is 0.260 e. The van der Waals surface area contributed by atoms with Crippen molar-refractivity contribution in [3.05, 3.63) is 58.1 Å². The number of nitrogens with one attached hydrogen (secondary N) is 1. The number of amides is 2. The lowest BCUT2D eigenvalue weighted by Gasteiger charge is -2.34. The molecule has 0 aliphatic carbocycles. The normalized spacial score (nSPS) is 14.5. The van der Waals surface area contributed by atoms with Crippen molar-refractivity contribution in [2.45, 2.75) is 20.8 Å². The Morgan fingerprint density at radius 1 is 1.00 bits per heavy atom. The predicted molar refractivity (Wildman–Crippen MR) is 119 cm³/mol. The van der Waals surface area contributed by atoms with Gasteiger partial charge < -0.3 is 15.0 Å². The van der Waals surface area contributed by atoms with Crippen molar-refractivity contribution in [3.63, 3.8) is 0 Å². The zero-order chi connectivity index (χ0) is 21.7. The van der Waals surface area contributed by atoms with Gasteiger partial charge in [-0.25, -0.2) is 0 Å². The van der Waals surface area contributed by atoms with Crippen molar-refractivity contribution in [2.24, 2.45) is 0 Å². The quantitative estimate of drug-likeness (QED) is 0.764. The van der Waals surface area contributed by atoms with Gasteiger partial charge in [0.25, 0.3) is 5.91 Å². The summed E-state index contributed by atoms with van der Waals surface area (Å²) in [5, 5.41) is 3.69. The highest BCUT2D eigenvalue weighted by atomic mass is 35.5. The molecule has 0 spiro atoms. The summed E-state index contributed by atoms with van der Waals surface area (Å²) in [7, 11) is 0. The van der Waals surface area contributed by atoms with Crippen molar-refractivity contribution >= 4 is 29.1 Å². The first kappa shape index (κ1) is 22.1. The second-order valence-corrected chi connectivity index (χ2v) is 8.08. The lowest BCUT2D eigenvalue weighted by molar-refractivity contribution is -0.135. The molecule has 0 bridgehead atoms. The van der Waals surface area contributed by atoms with Gasteiger partial charge in [0.05, 0.1) is 6.54 Å². The van der Waals surface area contributed by atoms with Gasteiger partial charge in [-0.15, -0.1) is 0 Å². The van der Waals surface area contributed by atoms with Gasteiger partial charge >= 0.3 is 0 Å². The number of piperazine rings is 1. The summed E-state index contributed by atoms with van der Waals surface area (Å²) in [5.41, 5.74) is 3.89. The van der Waals surface area contributed by atoms with E-state index in [1.807, 2.05) is 45.0 Å². The van der Waals surface area contributed by atoms with Crippen LogP contribution in [0.15, 0.2) is 36.4 Å². The molecule has 2 aromatic carbocycles. The third kappa shape index (κ3) is 5.74. The van der Waals surface area contributed by atoms with E-state index >= 15 is 0 Å². The van der Waals surface area contributed by atoms with Gasteiger partial charge in [0.15, 0.2) is 6.61 Å². The SMILES string of the molecule is Cc1cc(OCC(=O)N2CCN(CC(=O)Nc3c(C)cccc3C)CC2)ccc1Cl. The topological polar surface area (TPSA) is 61.9 Å². The second-order valence-electron chi connectivity index (χ2n) is 7.67. The fraction of sp³-hybridized carbons (Fsp3) is 0.391. The number of nitrogens with zero attached hydrogens (tertiary/aromatic N) is 2. The molecule has 1 saturated heterocycles. The minimum atomic E-state index is -0.0535. The van der Waals surface area contributed by atoms with Crippen LogP contribution in [-0.4, -0.2) is 60.9 Å². The fourth-order valence-electron chi connectivity index (χ4n) is 3.49. The van der Waals surface area contributed by atoms with E-state index in [9.17, 15) is 9.59 Å². The molecule has 0 unspecified atom stereocenters. The van der Waals surface area contributed by atoms with Gasteiger partial charge in [-0.05, 0) is 55.7 Å². The number of hydrogen-bond acceptors (Lipinski definition) is 4. The Bertz CT molecular complexity index is 904. The van der Waals surface area contributed by atoms with Crippen LogP contribution in [0.3, 0.4) is 0 Å². The molecule has 30 heavy (non-hydrogen) atoms. The maximum absolute atomic E-state index is 12.4. The van der Waals surface area contributed by atoms with Crippen molar-refractivity contribution < 1.29 is 14.3 Å². The highest BCUT2D eigenvalue weighted by Crippen LogP contribution is 2.21. The molecule has 1 aliphatic rings. The molecule has 0 saturated carbocycles. The van der Waals surface area contributed by atoms with Crippen molar-refractivity contribution in [1.82, 2.24) is 9.80 Å². The summed E-state index contributed by atoms with van der Waals surface area (Å²) in [6.07, 6.45) is 0. The van der Waals surface area contributed by atoms with Crippen LogP contribution in [0.4, 0.5) is 5.69 Å². The van der Waals surface area contributed by atoms with E-state index in [1.165, 1.54) is 0 Å². The zero-order valence-corrected chi connectivity index (χ0v) is 18.5. The van der Waals surface area contributed by atoms with Gasteiger partial charge in [-0.1, -0.05) is 29.8 Å². The number of ether oxygens (including phenoxy) is 1. The van der Waals surface area contributed by atoms with Crippen molar-refractivity contribution in [2.75, 3.05) is 44.6 Å². The first-order valence-electron chi connectivity index (χ1n) is 10.1. The zero-order valence-electron chi connectivity index (χ0n) is 17.7. The number of halogens is 1. The van der Waals surface area contributed by atoms with E-state index in [0.29, 0.717) is 43.5 Å². The third-order valence-electron chi connectivity index (χ3n) is 5.33. The second kappa shape index (κ2) is 9.96. The van der Waals surface area contributed by atoms with Crippen LogP contribution in [0.5, 0.6) is 5.75 Å². The number of anilines is 1. The van der Waals surface area contributed by atoms with Gasteiger partial charge in [0.1, 0.15) is 5.75 Å². The number of rotatable bonds is 6. The molecule has 0 atom stereocenters. The first-order valence-corrected chi connectivity index (χ1v) is 10.5. The Balaban J connectivity index is 1.43. The Labute approximate surface area is 182 Å². The van der Waals surface area contributed by atoms with Crippen molar-refractivity contribution in [1.29, 1.82) is 0 Å². The monoisotopic (exact) mass is 429 g/mol. The van der Waals surface area contributed by atoms with Gasteiger partial charge in [-0.3, -0.25) is 14.5 Å². The summed E-state index contributed by atoms with van der Waals surface area (Å²) in [6.45, 7) is 8.66. The Hall–Kier alpha value is -2.57. The van der Waals surface area contributed by atoms with Gasteiger partial charge in [0, 0.05) is 36.9 Å². The van der Waals surface area contributed by atoms with Crippen LogP contribution in [0.1, 0.15) is 16.7 Å². The van der Waals surface area contributed by atoms with E-state index in [0.717, 1.165) is 22.4 Å². The highest BCUT2D eigenvalue weighted by Gasteiger charge is 2.23. The van der Waals surface area contributed by atoms with Crippen LogP contribution in [0.25, 0.3) is 0 Å². The van der Waals surface area contributed by atoms with Crippen LogP contribution < -0.4 is 10.1 Å². The molecular formula is C23H28ClN3O3. The molecule has 1 N–H and O–H groups in total. The molecule has 2 aromatic rings. The number of hydrogen-bond donors (Lipinski definition) is 1. The number of aryl methyl sites for hydroxylation is 3. The summed E-state index contributed by atoms with van der Waals surface area (Å²) in [5.74, 6) is 0.544. The van der Waals surface area contributed by atoms with Gasteiger partial charge in [0.2, 0.25) is 5.91 Å². The van der Waals surface area contributed by atoms with Gasteiger partial charge in [-0.2, -0.15) is 0 Å². The molecule has 7 heteroatoms. The lowest BCUT2D eigenvalue weighted by Crippen LogP contribution is -2.51. The molecule has 160 valence electrons. The van der Waals surface area contributed by atoms with E-state index in [1.54, 1.807) is 17.0 Å². The van der Waals surface area contributed by atoms with Crippen LogP contribution >= 0.6 is 11.6 Å². The van der Waals surface area contributed by atoms with E-state index in [-0.39, 0.29) is 18.4 Å². The minimum absolute atomic E-state index is 0.00583. The van der Waals surface area contributed by atoms with E-state index in [4.69, 9.17) is 16.3 Å². The van der Waals surface area contributed by atoms with Crippen LogP contribution in [-0.2, 0) is 9.59 Å². The summed E-state index contributed by atoms with van der Waals surface area (Å²) >= 11 is 6.01. The Kier molecular flexibility index (Phi) is 7.34. The third-order valence-corrected chi connectivity index (χ3v) is 5.75. The predicted octanol–water partition coefficient (Wildman–Crippen LogP) is 3.43. The average molecular weight is 430 g/mol. The number of carbonyl (C=O) groups excluding carboxylic acids is 2. The molecular weight excluding hydrogens is 402 g/mol. The van der Waals surface area contributed by atoms with E-state index < -0.39 is 0 Å². The van der Waals surface area contributed by atoms with Crippen molar-refractivity contribution in [3.8, 4) is 5.75 Å². The largest absolute Gasteiger partial charge is 0.484 e. The lowest BCUT2D eigenvalue weighted by atomic mass is 10.1. The minimum Gasteiger partial charge on any atom is -0.484 e. The molecule has 0 aromatic heterocycles. The Morgan fingerprint density at radius 3 is 2.30 bits per heavy atom. The Morgan fingerprint density at radius 2 is 1.67 bits per heavy atom. The molecule has 0 radical (unpaired) electrons. The highest BCUT2D eigenvalue weighted by molar-refractivity contribution is 6.31. The molecule has 1 fully saturated rings. The number of benzene rings is 2. The maximum atomic E-state index is 12.4. The summed E-state index contributed by atoms with van der Waals surface area (Å²) in [6, 6.07) is 11.3. The molecule has 1 aliphatic heterocycles. The fourth-order valence-corrected chi connectivity index (χ4v) is 3.61. The number of para-hydroxylation sites is 1.